The van der Waals surface area contributed by atoms with Crippen molar-refractivity contribution in [3.8, 4) is 12.3 Å². The molecule has 0 spiro atoms. The second-order valence-corrected chi connectivity index (χ2v) is 3.90. The van der Waals surface area contributed by atoms with Crippen LogP contribution in [-0.2, 0) is 7.05 Å². The normalized spacial score (nSPS) is 9.86. The van der Waals surface area contributed by atoms with Crippen molar-refractivity contribution >= 4 is 11.8 Å². The van der Waals surface area contributed by atoms with E-state index >= 15 is 0 Å². The summed E-state index contributed by atoms with van der Waals surface area (Å²) in [5, 5.41) is 0.677. The van der Waals surface area contributed by atoms with Gasteiger partial charge in [-0.25, -0.2) is 4.98 Å². The van der Waals surface area contributed by atoms with E-state index in [-0.39, 0.29) is 5.56 Å². The minimum atomic E-state index is -0.00276. The number of hydrogen-bond donors (Lipinski definition) is 0. The fraction of sp³-hybridized carbons (Fsp3) is 0.400. The number of aryl methyl sites for hydroxylation is 1. The summed E-state index contributed by atoms with van der Waals surface area (Å²) in [6.07, 6.45) is 5.15. The van der Waals surface area contributed by atoms with Gasteiger partial charge in [0.25, 0.3) is 5.56 Å². The summed E-state index contributed by atoms with van der Waals surface area (Å²) in [6, 6.07) is 0. The summed E-state index contributed by atoms with van der Waals surface area (Å²) in [7, 11) is 1.71. The lowest BCUT2D eigenvalue weighted by Gasteiger charge is -2.07. The van der Waals surface area contributed by atoms with E-state index in [0.717, 1.165) is 5.69 Å². The highest BCUT2D eigenvalue weighted by molar-refractivity contribution is 7.99. The summed E-state index contributed by atoms with van der Waals surface area (Å²) in [6.45, 7) is 3.61. The smallest absolute Gasteiger partial charge is 0.257 e. The van der Waals surface area contributed by atoms with Gasteiger partial charge in [-0.15, -0.1) is 6.42 Å². The van der Waals surface area contributed by atoms with Crippen LogP contribution < -0.4 is 5.56 Å². The van der Waals surface area contributed by atoms with E-state index in [2.05, 4.69) is 10.9 Å². The Balaban J connectivity index is 3.21. The predicted octanol–water partition coefficient (Wildman–Crippen LogP) is 1.12. The molecular formula is C10H12N2OS. The first-order valence-corrected chi connectivity index (χ1v) is 5.17. The predicted molar refractivity (Wildman–Crippen MR) is 58.5 cm³/mol. The van der Waals surface area contributed by atoms with Crippen molar-refractivity contribution in [3.63, 3.8) is 0 Å². The molecule has 0 radical (unpaired) electrons. The molecule has 0 bridgehead atoms. The Labute approximate surface area is 87.6 Å². The monoisotopic (exact) mass is 208 g/mol. The maximum atomic E-state index is 11.6. The van der Waals surface area contributed by atoms with Crippen molar-refractivity contribution in [1.29, 1.82) is 0 Å². The molecule has 0 unspecified atom stereocenters. The summed E-state index contributed by atoms with van der Waals surface area (Å²) >= 11 is 1.40. The zero-order valence-corrected chi connectivity index (χ0v) is 9.31. The molecule has 0 amide bonds. The first-order chi connectivity index (χ1) is 6.57. The number of thioether (sulfide) groups is 1. The molecule has 74 valence electrons. The number of nitrogens with zero attached hydrogens (tertiary/aromatic N) is 2. The van der Waals surface area contributed by atoms with E-state index in [1.165, 1.54) is 16.3 Å². The van der Waals surface area contributed by atoms with Crippen LogP contribution in [0.15, 0.2) is 9.95 Å². The van der Waals surface area contributed by atoms with Crippen LogP contribution in [-0.4, -0.2) is 15.3 Å². The van der Waals surface area contributed by atoms with Gasteiger partial charge in [0.2, 0.25) is 0 Å². The van der Waals surface area contributed by atoms with Crippen molar-refractivity contribution in [2.24, 2.45) is 7.05 Å². The van der Waals surface area contributed by atoms with E-state index in [0.29, 0.717) is 16.5 Å². The average molecular weight is 208 g/mol. The van der Waals surface area contributed by atoms with Gasteiger partial charge in [-0.05, 0) is 13.8 Å². The molecule has 0 aliphatic heterocycles. The van der Waals surface area contributed by atoms with E-state index < -0.39 is 0 Å². The first kappa shape index (κ1) is 10.9. The van der Waals surface area contributed by atoms with Gasteiger partial charge >= 0.3 is 0 Å². The van der Waals surface area contributed by atoms with Gasteiger partial charge in [-0.2, -0.15) is 0 Å². The van der Waals surface area contributed by atoms with Crippen LogP contribution in [0, 0.1) is 26.2 Å². The molecule has 1 aromatic heterocycles. The molecule has 0 aromatic carbocycles. The lowest BCUT2D eigenvalue weighted by Crippen LogP contribution is -2.23. The Hall–Kier alpha value is -1.21. The van der Waals surface area contributed by atoms with Crippen LogP contribution in [0.4, 0.5) is 0 Å². The molecule has 4 heteroatoms. The third-order valence-corrected chi connectivity index (χ3v) is 2.94. The molecule has 0 N–H and O–H groups in total. The molecule has 0 aliphatic rings. The molecule has 1 rings (SSSR count). The Morgan fingerprint density at radius 1 is 1.57 bits per heavy atom. The molecule has 0 saturated carbocycles. The van der Waals surface area contributed by atoms with Gasteiger partial charge in [0.15, 0.2) is 5.16 Å². The number of hydrogen-bond acceptors (Lipinski definition) is 3. The summed E-state index contributed by atoms with van der Waals surface area (Å²) < 4.78 is 1.53. The van der Waals surface area contributed by atoms with E-state index in [9.17, 15) is 4.79 Å². The van der Waals surface area contributed by atoms with Crippen molar-refractivity contribution in [3.05, 3.63) is 21.6 Å². The van der Waals surface area contributed by atoms with Crippen LogP contribution in [0.25, 0.3) is 0 Å². The second kappa shape index (κ2) is 4.34. The van der Waals surface area contributed by atoms with Crippen molar-refractivity contribution in [2.45, 2.75) is 19.0 Å². The highest BCUT2D eigenvalue weighted by Crippen LogP contribution is 2.13. The highest BCUT2D eigenvalue weighted by Gasteiger charge is 2.07. The number of terminal acetylenes is 1. The molecule has 1 heterocycles. The Bertz CT molecular complexity index is 443. The van der Waals surface area contributed by atoms with E-state index in [1.807, 2.05) is 6.92 Å². The third kappa shape index (κ3) is 1.99. The van der Waals surface area contributed by atoms with Gasteiger partial charge in [0.05, 0.1) is 5.75 Å². The fourth-order valence-electron chi connectivity index (χ4n) is 1.03. The molecule has 0 saturated heterocycles. The maximum absolute atomic E-state index is 11.6. The highest BCUT2D eigenvalue weighted by atomic mass is 32.2. The first-order valence-electron chi connectivity index (χ1n) is 4.18. The minimum absolute atomic E-state index is 0.00276. The Morgan fingerprint density at radius 2 is 2.21 bits per heavy atom. The number of aromatic nitrogens is 2. The molecule has 14 heavy (non-hydrogen) atoms. The average Bonchev–Trinajstić information content (AvgIpc) is 2.18. The largest absolute Gasteiger partial charge is 0.291 e. The molecule has 3 nitrogen and oxygen atoms in total. The molecule has 0 atom stereocenters. The van der Waals surface area contributed by atoms with Gasteiger partial charge in [-0.1, -0.05) is 17.7 Å². The van der Waals surface area contributed by atoms with Gasteiger partial charge in [0, 0.05) is 18.3 Å². The summed E-state index contributed by atoms with van der Waals surface area (Å²) in [4.78, 5) is 15.9. The van der Waals surface area contributed by atoms with Crippen molar-refractivity contribution in [1.82, 2.24) is 9.55 Å². The summed E-state index contributed by atoms with van der Waals surface area (Å²) in [5.74, 6) is 3.04. The Kier molecular flexibility index (Phi) is 3.37. The van der Waals surface area contributed by atoms with Crippen LogP contribution in [0.1, 0.15) is 11.3 Å². The van der Waals surface area contributed by atoms with Crippen LogP contribution in [0.5, 0.6) is 0 Å². The third-order valence-electron chi connectivity index (χ3n) is 2.00. The van der Waals surface area contributed by atoms with E-state index in [1.54, 1.807) is 14.0 Å². The second-order valence-electron chi connectivity index (χ2n) is 2.96. The zero-order chi connectivity index (χ0) is 10.7. The lowest BCUT2D eigenvalue weighted by atomic mass is 10.3. The van der Waals surface area contributed by atoms with Crippen molar-refractivity contribution < 1.29 is 0 Å². The Morgan fingerprint density at radius 3 is 2.79 bits per heavy atom. The lowest BCUT2D eigenvalue weighted by molar-refractivity contribution is 0.690. The molecule has 0 aliphatic carbocycles. The fourth-order valence-corrected chi connectivity index (χ4v) is 1.72. The van der Waals surface area contributed by atoms with Crippen molar-refractivity contribution in [2.75, 3.05) is 5.75 Å². The van der Waals surface area contributed by atoms with Gasteiger partial charge < -0.3 is 0 Å². The maximum Gasteiger partial charge on any atom is 0.257 e. The molecular weight excluding hydrogens is 196 g/mol. The quantitative estimate of drug-likeness (QED) is 0.415. The topological polar surface area (TPSA) is 34.9 Å². The van der Waals surface area contributed by atoms with Crippen LogP contribution in [0.2, 0.25) is 0 Å². The van der Waals surface area contributed by atoms with Crippen LogP contribution in [0.3, 0.4) is 0 Å². The minimum Gasteiger partial charge on any atom is -0.291 e. The van der Waals surface area contributed by atoms with E-state index in [4.69, 9.17) is 6.42 Å². The van der Waals surface area contributed by atoms with Gasteiger partial charge in [0.1, 0.15) is 0 Å². The number of rotatable bonds is 2. The SMILES string of the molecule is C#CCSc1nc(C)c(C)c(=O)n1C. The van der Waals surface area contributed by atoms with Crippen LogP contribution >= 0.6 is 11.8 Å². The molecule has 0 fully saturated rings. The summed E-state index contributed by atoms with van der Waals surface area (Å²) in [5.41, 5.74) is 1.46. The molecule has 1 aromatic rings. The standard InChI is InChI=1S/C10H12N2OS/c1-5-6-14-10-11-8(3)7(2)9(13)12(10)4/h1H,6H2,2-4H3. The zero-order valence-electron chi connectivity index (χ0n) is 8.50. The van der Waals surface area contributed by atoms with Gasteiger partial charge in [-0.3, -0.25) is 9.36 Å².